The average molecular weight is 279 g/mol. The summed E-state index contributed by atoms with van der Waals surface area (Å²) in [5.74, 6) is -0.637. The van der Waals surface area contributed by atoms with Crippen LogP contribution in [0.25, 0.3) is 0 Å². The lowest BCUT2D eigenvalue weighted by molar-refractivity contribution is -0.127. The van der Waals surface area contributed by atoms with Gasteiger partial charge in [-0.15, -0.1) is 0 Å². The zero-order valence-corrected chi connectivity index (χ0v) is 11.0. The number of hydrogen-bond donors (Lipinski definition) is 3. The Morgan fingerprint density at radius 3 is 2.90 bits per heavy atom. The van der Waals surface area contributed by atoms with Crippen LogP contribution < -0.4 is 10.9 Å². The molecular formula is C13H17N3O4. The van der Waals surface area contributed by atoms with Gasteiger partial charge in [0, 0.05) is 38.3 Å². The summed E-state index contributed by atoms with van der Waals surface area (Å²) in [5.41, 5.74) is -0.437. The van der Waals surface area contributed by atoms with Gasteiger partial charge < -0.3 is 20.3 Å². The van der Waals surface area contributed by atoms with E-state index >= 15 is 0 Å². The number of rotatable bonds is 5. The number of likely N-dealkylation sites (tertiary alicyclic amines) is 1. The number of hydrogen-bond acceptors (Lipinski definition) is 4. The molecule has 3 N–H and O–H groups in total. The van der Waals surface area contributed by atoms with Crippen molar-refractivity contribution in [2.45, 2.75) is 19.3 Å². The van der Waals surface area contributed by atoms with Gasteiger partial charge in [0.15, 0.2) is 0 Å². The number of carbonyl (C=O) groups excluding carboxylic acids is 2. The summed E-state index contributed by atoms with van der Waals surface area (Å²) < 4.78 is 0. The molecule has 0 unspecified atom stereocenters. The molecule has 1 aliphatic rings. The third-order valence-electron chi connectivity index (χ3n) is 3.21. The zero-order valence-electron chi connectivity index (χ0n) is 11.0. The summed E-state index contributed by atoms with van der Waals surface area (Å²) in [6.07, 6.45) is 3.34. The molecule has 1 aromatic rings. The molecule has 0 aliphatic carbocycles. The minimum atomic E-state index is -0.466. The minimum absolute atomic E-state index is 0.0295. The second kappa shape index (κ2) is 6.23. The molecule has 108 valence electrons. The predicted molar refractivity (Wildman–Crippen MR) is 71.5 cm³/mol. The molecule has 0 radical (unpaired) electrons. The summed E-state index contributed by atoms with van der Waals surface area (Å²) in [5, 5.41) is 12.1. The molecule has 7 nitrogen and oxygen atoms in total. The number of carbonyl (C=O) groups is 2. The van der Waals surface area contributed by atoms with E-state index in [1.807, 2.05) is 0 Å². The first-order chi connectivity index (χ1) is 9.58. The van der Waals surface area contributed by atoms with Crippen LogP contribution in [0.1, 0.15) is 29.6 Å². The number of pyridine rings is 1. The molecule has 0 atom stereocenters. The zero-order chi connectivity index (χ0) is 14.5. The Morgan fingerprint density at radius 2 is 2.25 bits per heavy atom. The quantitative estimate of drug-likeness (QED) is 0.651. The standard InChI is InChI=1S/C13H17N3O4/c17-10-7-11(18)15-8-9(10)13(20)14-4-2-6-16-5-1-3-12(16)19/h7-8H,1-6H2,(H,14,20)(H2,15,17,18). The molecule has 1 fully saturated rings. The predicted octanol–water partition coefficient (Wildman–Crippen LogP) is -0.177. The molecule has 1 saturated heterocycles. The lowest BCUT2D eigenvalue weighted by Gasteiger charge is -2.15. The van der Waals surface area contributed by atoms with Gasteiger partial charge in [-0.05, 0) is 12.8 Å². The third-order valence-corrected chi connectivity index (χ3v) is 3.21. The molecule has 2 amide bonds. The summed E-state index contributed by atoms with van der Waals surface area (Å²) in [7, 11) is 0. The van der Waals surface area contributed by atoms with Crippen LogP contribution >= 0.6 is 0 Å². The fraction of sp³-hybridized carbons (Fsp3) is 0.462. The third kappa shape index (κ3) is 3.37. The molecule has 0 saturated carbocycles. The molecule has 0 spiro atoms. The van der Waals surface area contributed by atoms with E-state index in [9.17, 15) is 19.5 Å². The SMILES string of the molecule is O=C(NCCCN1CCCC1=O)c1c[nH]c(=O)cc1O. The Bertz CT molecular complexity index is 567. The number of aromatic amines is 1. The Hall–Kier alpha value is -2.31. The fourth-order valence-corrected chi connectivity index (χ4v) is 2.15. The van der Waals surface area contributed by atoms with Crippen molar-refractivity contribution >= 4 is 11.8 Å². The van der Waals surface area contributed by atoms with E-state index in [4.69, 9.17) is 0 Å². The Labute approximate surface area is 115 Å². The maximum absolute atomic E-state index is 11.8. The van der Waals surface area contributed by atoms with Crippen molar-refractivity contribution in [3.8, 4) is 5.75 Å². The van der Waals surface area contributed by atoms with Crippen LogP contribution in [0.4, 0.5) is 0 Å². The smallest absolute Gasteiger partial charge is 0.256 e. The van der Waals surface area contributed by atoms with Gasteiger partial charge in [-0.25, -0.2) is 0 Å². The minimum Gasteiger partial charge on any atom is -0.507 e. The van der Waals surface area contributed by atoms with Crippen molar-refractivity contribution in [1.29, 1.82) is 0 Å². The molecule has 20 heavy (non-hydrogen) atoms. The van der Waals surface area contributed by atoms with Crippen LogP contribution in [-0.2, 0) is 4.79 Å². The van der Waals surface area contributed by atoms with Crippen LogP contribution in [0.15, 0.2) is 17.1 Å². The van der Waals surface area contributed by atoms with E-state index in [2.05, 4.69) is 10.3 Å². The molecule has 2 rings (SSSR count). The van der Waals surface area contributed by atoms with E-state index in [-0.39, 0.29) is 17.2 Å². The molecule has 1 aromatic heterocycles. The van der Waals surface area contributed by atoms with E-state index in [0.717, 1.165) is 19.0 Å². The van der Waals surface area contributed by atoms with Crippen molar-refractivity contribution in [3.05, 3.63) is 28.2 Å². The molecule has 1 aliphatic heterocycles. The molecule has 7 heteroatoms. The lowest BCUT2D eigenvalue weighted by Crippen LogP contribution is -2.30. The summed E-state index contributed by atoms with van der Waals surface area (Å²) >= 11 is 0. The maximum atomic E-state index is 11.8. The van der Waals surface area contributed by atoms with Crippen molar-refractivity contribution in [3.63, 3.8) is 0 Å². The Kier molecular flexibility index (Phi) is 4.39. The number of amides is 2. The van der Waals surface area contributed by atoms with Crippen LogP contribution in [0.5, 0.6) is 5.75 Å². The fourth-order valence-electron chi connectivity index (χ4n) is 2.15. The van der Waals surface area contributed by atoms with Crippen LogP contribution in [0.2, 0.25) is 0 Å². The maximum Gasteiger partial charge on any atom is 0.256 e. The van der Waals surface area contributed by atoms with Gasteiger partial charge in [-0.2, -0.15) is 0 Å². The molecular weight excluding hydrogens is 262 g/mol. The van der Waals surface area contributed by atoms with Gasteiger partial charge >= 0.3 is 0 Å². The Morgan fingerprint density at radius 1 is 1.45 bits per heavy atom. The lowest BCUT2D eigenvalue weighted by atomic mass is 10.2. The van der Waals surface area contributed by atoms with Gasteiger partial charge in [0.25, 0.3) is 11.5 Å². The number of aromatic nitrogens is 1. The molecule has 2 heterocycles. The first-order valence-corrected chi connectivity index (χ1v) is 6.55. The summed E-state index contributed by atoms with van der Waals surface area (Å²) in [4.78, 5) is 38.2. The number of nitrogens with one attached hydrogen (secondary N) is 2. The normalized spacial score (nSPS) is 14.6. The van der Waals surface area contributed by atoms with Gasteiger partial charge in [-0.3, -0.25) is 14.4 Å². The molecule has 0 bridgehead atoms. The highest BCUT2D eigenvalue weighted by Gasteiger charge is 2.19. The molecule has 0 aromatic carbocycles. The highest BCUT2D eigenvalue weighted by Crippen LogP contribution is 2.12. The van der Waals surface area contributed by atoms with Crippen molar-refractivity contribution < 1.29 is 14.7 Å². The van der Waals surface area contributed by atoms with Crippen LogP contribution in [-0.4, -0.2) is 46.4 Å². The second-order valence-corrected chi connectivity index (χ2v) is 4.69. The van der Waals surface area contributed by atoms with Gasteiger partial charge in [0.2, 0.25) is 5.91 Å². The topological polar surface area (TPSA) is 103 Å². The first kappa shape index (κ1) is 14.1. The number of H-pyrrole nitrogens is 1. The van der Waals surface area contributed by atoms with Crippen molar-refractivity contribution in [1.82, 2.24) is 15.2 Å². The summed E-state index contributed by atoms with van der Waals surface area (Å²) in [6.45, 7) is 1.81. The largest absolute Gasteiger partial charge is 0.507 e. The second-order valence-electron chi connectivity index (χ2n) is 4.69. The summed E-state index contributed by atoms with van der Waals surface area (Å²) in [6, 6.07) is 0.956. The van der Waals surface area contributed by atoms with E-state index in [0.29, 0.717) is 25.9 Å². The van der Waals surface area contributed by atoms with Crippen LogP contribution in [0.3, 0.4) is 0 Å². The van der Waals surface area contributed by atoms with Gasteiger partial charge in [0.05, 0.1) is 5.56 Å². The van der Waals surface area contributed by atoms with E-state index in [1.54, 1.807) is 4.90 Å². The first-order valence-electron chi connectivity index (χ1n) is 6.55. The Balaban J connectivity index is 1.77. The average Bonchev–Trinajstić information content (AvgIpc) is 2.80. The van der Waals surface area contributed by atoms with Crippen molar-refractivity contribution in [2.24, 2.45) is 0 Å². The monoisotopic (exact) mass is 279 g/mol. The highest BCUT2D eigenvalue weighted by atomic mass is 16.3. The highest BCUT2D eigenvalue weighted by molar-refractivity contribution is 5.96. The number of aromatic hydroxyl groups is 1. The number of nitrogens with zero attached hydrogens (tertiary/aromatic N) is 1. The van der Waals surface area contributed by atoms with E-state index < -0.39 is 11.5 Å². The van der Waals surface area contributed by atoms with Crippen molar-refractivity contribution in [2.75, 3.05) is 19.6 Å². The van der Waals surface area contributed by atoms with Crippen LogP contribution in [0, 0.1) is 0 Å². The van der Waals surface area contributed by atoms with E-state index in [1.165, 1.54) is 6.20 Å². The van der Waals surface area contributed by atoms with Gasteiger partial charge in [-0.1, -0.05) is 0 Å². The van der Waals surface area contributed by atoms with Gasteiger partial charge in [0.1, 0.15) is 5.75 Å².